The van der Waals surface area contributed by atoms with Crippen LogP contribution >= 0.6 is 0 Å². The zero-order chi connectivity index (χ0) is 9.14. The van der Waals surface area contributed by atoms with E-state index < -0.39 is 16.6 Å². The van der Waals surface area contributed by atoms with Crippen LogP contribution in [-0.2, 0) is 4.79 Å². The highest BCUT2D eigenvalue weighted by Crippen LogP contribution is 2.00. The van der Waals surface area contributed by atoms with Crippen LogP contribution in [0.25, 0.3) is 0 Å². The number of amides is 1. The summed E-state index contributed by atoms with van der Waals surface area (Å²) >= 11 is 0. The van der Waals surface area contributed by atoms with Crippen LogP contribution in [0.3, 0.4) is 0 Å². The largest absolute Gasteiger partial charge is 0.412 e. The summed E-state index contributed by atoms with van der Waals surface area (Å²) in [5.74, 6) is -0.816. The maximum Gasteiger partial charge on any atom is 0.412 e. The molecule has 1 aromatic heterocycles. The SMILES string of the molecule is CC(=O)Nn1ncc([N+](=O)[O-])n1. The molecule has 1 N–H and O–H groups in total. The number of hydrogen-bond donors (Lipinski definition) is 1. The van der Waals surface area contributed by atoms with Crippen molar-refractivity contribution in [3.63, 3.8) is 0 Å². The molecule has 0 unspecified atom stereocenters. The molecule has 0 atom stereocenters. The van der Waals surface area contributed by atoms with E-state index in [-0.39, 0.29) is 0 Å². The fraction of sp³-hybridized carbons (Fsp3) is 0.250. The highest BCUT2D eigenvalue weighted by atomic mass is 16.6. The van der Waals surface area contributed by atoms with Crippen molar-refractivity contribution < 1.29 is 9.72 Å². The monoisotopic (exact) mass is 171 g/mol. The van der Waals surface area contributed by atoms with Crippen molar-refractivity contribution in [1.29, 1.82) is 0 Å². The van der Waals surface area contributed by atoms with Gasteiger partial charge in [0.25, 0.3) is 0 Å². The predicted molar refractivity (Wildman–Crippen MR) is 36.7 cm³/mol. The van der Waals surface area contributed by atoms with Crippen LogP contribution in [0.2, 0.25) is 0 Å². The molecule has 0 fully saturated rings. The third-order valence-electron chi connectivity index (χ3n) is 0.924. The molecular weight excluding hydrogens is 166 g/mol. The van der Waals surface area contributed by atoms with Gasteiger partial charge in [0.15, 0.2) is 6.20 Å². The molecule has 1 heterocycles. The second-order valence-corrected chi connectivity index (χ2v) is 1.92. The van der Waals surface area contributed by atoms with Crippen LogP contribution in [0.4, 0.5) is 5.82 Å². The van der Waals surface area contributed by atoms with E-state index >= 15 is 0 Å². The summed E-state index contributed by atoms with van der Waals surface area (Å²) in [4.78, 5) is 20.5. The molecule has 1 aromatic rings. The summed E-state index contributed by atoms with van der Waals surface area (Å²) < 4.78 is 0. The average molecular weight is 171 g/mol. The van der Waals surface area contributed by atoms with Gasteiger partial charge in [0, 0.05) is 11.8 Å². The lowest BCUT2D eigenvalue weighted by Gasteiger charge is -1.90. The molecule has 1 rings (SSSR count). The molecule has 0 bridgehead atoms. The average Bonchev–Trinajstić information content (AvgIpc) is 2.34. The first-order chi connectivity index (χ1) is 5.59. The Balaban J connectivity index is 2.77. The van der Waals surface area contributed by atoms with Gasteiger partial charge in [-0.15, -0.1) is 5.10 Å². The van der Waals surface area contributed by atoms with E-state index in [9.17, 15) is 14.9 Å². The number of nitrogens with one attached hydrogen (secondary N) is 1. The number of carbonyl (C=O) groups is 1. The maximum absolute atomic E-state index is 10.4. The Bertz CT molecular complexity index is 318. The van der Waals surface area contributed by atoms with Gasteiger partial charge in [-0.25, -0.2) is 5.43 Å². The minimum absolute atomic E-state index is 0.402. The van der Waals surface area contributed by atoms with E-state index in [1.54, 1.807) is 0 Å². The number of nitro groups is 1. The first-order valence-electron chi connectivity index (χ1n) is 2.94. The first-order valence-corrected chi connectivity index (χ1v) is 2.94. The van der Waals surface area contributed by atoms with Crippen molar-refractivity contribution in [2.45, 2.75) is 6.92 Å². The lowest BCUT2D eigenvalue weighted by Crippen LogP contribution is -2.22. The summed E-state index contributed by atoms with van der Waals surface area (Å²) in [7, 11) is 0. The molecule has 64 valence electrons. The zero-order valence-corrected chi connectivity index (χ0v) is 6.09. The summed E-state index contributed by atoms with van der Waals surface area (Å²) in [6, 6.07) is 0. The molecule has 1 amide bonds. The lowest BCUT2D eigenvalue weighted by atomic mass is 10.8. The molecule has 0 aromatic carbocycles. The third-order valence-corrected chi connectivity index (χ3v) is 0.924. The zero-order valence-electron chi connectivity index (χ0n) is 6.09. The fourth-order valence-corrected chi connectivity index (χ4v) is 0.533. The lowest BCUT2D eigenvalue weighted by molar-refractivity contribution is -0.389. The van der Waals surface area contributed by atoms with E-state index in [1.807, 2.05) is 0 Å². The van der Waals surface area contributed by atoms with Crippen molar-refractivity contribution in [1.82, 2.24) is 15.1 Å². The van der Waals surface area contributed by atoms with Gasteiger partial charge in [-0.05, 0) is 4.92 Å². The Morgan fingerprint density at radius 1 is 1.83 bits per heavy atom. The van der Waals surface area contributed by atoms with Crippen LogP contribution < -0.4 is 5.43 Å². The van der Waals surface area contributed by atoms with Crippen molar-refractivity contribution in [3.05, 3.63) is 16.3 Å². The van der Waals surface area contributed by atoms with E-state index in [2.05, 4.69) is 15.6 Å². The molecule has 0 aliphatic heterocycles. The van der Waals surface area contributed by atoms with Gasteiger partial charge in [0.05, 0.1) is 0 Å². The van der Waals surface area contributed by atoms with Gasteiger partial charge >= 0.3 is 5.82 Å². The Hall–Kier alpha value is -1.99. The minimum atomic E-state index is -0.703. The van der Waals surface area contributed by atoms with Crippen molar-refractivity contribution in [3.8, 4) is 0 Å². The molecule has 12 heavy (non-hydrogen) atoms. The number of nitrogens with zero attached hydrogens (tertiary/aromatic N) is 4. The number of rotatable bonds is 2. The smallest absolute Gasteiger partial charge is 0.358 e. The molecule has 0 aliphatic rings. The highest BCUT2D eigenvalue weighted by Gasteiger charge is 2.12. The van der Waals surface area contributed by atoms with Crippen molar-refractivity contribution >= 4 is 11.7 Å². The van der Waals surface area contributed by atoms with Crippen molar-refractivity contribution in [2.24, 2.45) is 0 Å². The highest BCUT2D eigenvalue weighted by molar-refractivity contribution is 5.80. The quantitative estimate of drug-likeness (QED) is 0.467. The standard InChI is InChI=1S/C4H5N5O3/c1-3(10)6-9-5-2-4(7-9)8(11)12/h2H,1H3,(H,6,10). The Labute approximate surface area is 66.3 Å². The van der Waals surface area contributed by atoms with E-state index in [0.29, 0.717) is 0 Å². The predicted octanol–water partition coefficient (Wildman–Crippen LogP) is -0.724. The molecule has 0 saturated carbocycles. The van der Waals surface area contributed by atoms with Gasteiger partial charge in [0.1, 0.15) is 5.10 Å². The summed E-state index contributed by atoms with van der Waals surface area (Å²) in [5.41, 5.74) is 2.13. The summed E-state index contributed by atoms with van der Waals surface area (Å²) in [6.45, 7) is 1.25. The van der Waals surface area contributed by atoms with Gasteiger partial charge in [0.2, 0.25) is 5.91 Å². The third kappa shape index (κ3) is 1.75. The summed E-state index contributed by atoms with van der Waals surface area (Å²) in [6.07, 6.45) is 0.940. The van der Waals surface area contributed by atoms with Crippen LogP contribution in [-0.4, -0.2) is 25.9 Å². The Morgan fingerprint density at radius 2 is 2.50 bits per heavy atom. The number of carbonyl (C=O) groups excluding carboxylic acids is 1. The number of aromatic nitrogens is 3. The van der Waals surface area contributed by atoms with Crippen LogP contribution in [0.1, 0.15) is 6.92 Å². The summed E-state index contributed by atoms with van der Waals surface area (Å²) in [5, 5.41) is 16.8. The van der Waals surface area contributed by atoms with Gasteiger partial charge in [-0.3, -0.25) is 4.79 Å². The Kier molecular flexibility index (Phi) is 1.99. The minimum Gasteiger partial charge on any atom is -0.358 e. The molecule has 8 nitrogen and oxygen atoms in total. The van der Waals surface area contributed by atoms with Gasteiger partial charge in [-0.1, -0.05) is 0 Å². The molecule has 0 saturated heterocycles. The van der Waals surface area contributed by atoms with Gasteiger partial charge < -0.3 is 10.1 Å². The first kappa shape index (κ1) is 8.11. The topological polar surface area (TPSA) is 103 Å². The number of hydrogen-bond acceptors (Lipinski definition) is 5. The molecule has 0 spiro atoms. The molecular formula is C4H5N5O3. The van der Waals surface area contributed by atoms with Crippen molar-refractivity contribution in [2.75, 3.05) is 5.43 Å². The van der Waals surface area contributed by atoms with Crippen LogP contribution in [0.5, 0.6) is 0 Å². The Morgan fingerprint density at radius 3 is 2.92 bits per heavy atom. The molecule has 8 heteroatoms. The van der Waals surface area contributed by atoms with E-state index in [0.717, 1.165) is 11.1 Å². The maximum atomic E-state index is 10.4. The van der Waals surface area contributed by atoms with Crippen LogP contribution in [0, 0.1) is 10.1 Å². The second-order valence-electron chi connectivity index (χ2n) is 1.92. The second kappa shape index (κ2) is 2.95. The van der Waals surface area contributed by atoms with Crippen LogP contribution in [0.15, 0.2) is 6.20 Å². The molecule has 0 radical (unpaired) electrons. The van der Waals surface area contributed by atoms with E-state index in [4.69, 9.17) is 0 Å². The molecule has 0 aliphatic carbocycles. The normalized spacial score (nSPS) is 9.42. The fourth-order valence-electron chi connectivity index (χ4n) is 0.533. The van der Waals surface area contributed by atoms with Gasteiger partial charge in [-0.2, -0.15) is 0 Å². The van der Waals surface area contributed by atoms with E-state index in [1.165, 1.54) is 6.92 Å².